The normalized spacial score (nSPS) is 27.0. The van der Waals surface area contributed by atoms with Gasteiger partial charge in [-0.15, -0.1) is 12.4 Å². The number of nitrogens with one attached hydrogen (secondary N) is 2. The highest BCUT2D eigenvalue weighted by molar-refractivity contribution is 9.10. The molecule has 1 aromatic rings. The summed E-state index contributed by atoms with van der Waals surface area (Å²) in [5, 5.41) is 6.82. The van der Waals surface area contributed by atoms with Gasteiger partial charge >= 0.3 is 0 Å². The summed E-state index contributed by atoms with van der Waals surface area (Å²) < 4.78 is 1.09. The number of carbonyl (C=O) groups excluding carboxylic acids is 1. The molecule has 21 heavy (non-hydrogen) atoms. The molecule has 2 unspecified atom stereocenters. The Labute approximate surface area is 140 Å². The Kier molecular flexibility index (Phi) is 6.08. The molecule has 2 N–H and O–H groups in total. The molecule has 2 saturated heterocycles. The van der Waals surface area contributed by atoms with Crippen molar-refractivity contribution in [1.82, 2.24) is 10.6 Å². The monoisotopic (exact) mass is 372 g/mol. The average molecular weight is 374 g/mol. The maximum Gasteiger partial charge on any atom is 0.220 e. The largest absolute Gasteiger partial charge is 0.353 e. The topological polar surface area (TPSA) is 41.1 Å². The zero-order chi connectivity index (χ0) is 13.9. The van der Waals surface area contributed by atoms with Crippen LogP contribution in [0.4, 0.5) is 0 Å². The Bertz CT molecular complexity index is 485. The minimum Gasteiger partial charge on any atom is -0.353 e. The van der Waals surface area contributed by atoms with Crippen LogP contribution < -0.4 is 10.6 Å². The van der Waals surface area contributed by atoms with Crippen LogP contribution in [0.1, 0.15) is 37.7 Å². The van der Waals surface area contributed by atoms with E-state index in [1.165, 1.54) is 18.4 Å². The average Bonchev–Trinajstić information content (AvgIpc) is 2.77. The van der Waals surface area contributed by atoms with E-state index in [1.807, 2.05) is 18.2 Å². The summed E-state index contributed by atoms with van der Waals surface area (Å²) in [7, 11) is 0. The van der Waals surface area contributed by atoms with E-state index in [1.54, 1.807) is 0 Å². The number of piperidine rings is 1. The molecule has 2 fully saturated rings. The minimum atomic E-state index is 0. The molecule has 0 aliphatic carbocycles. The van der Waals surface area contributed by atoms with Crippen molar-refractivity contribution in [3.63, 3.8) is 0 Å². The van der Waals surface area contributed by atoms with Gasteiger partial charge in [-0.05, 0) is 43.7 Å². The van der Waals surface area contributed by atoms with Crippen molar-refractivity contribution in [1.29, 1.82) is 0 Å². The van der Waals surface area contributed by atoms with Gasteiger partial charge < -0.3 is 10.6 Å². The highest BCUT2D eigenvalue weighted by Gasteiger charge is 2.33. The van der Waals surface area contributed by atoms with Crippen LogP contribution in [0.2, 0.25) is 0 Å². The van der Waals surface area contributed by atoms with Crippen molar-refractivity contribution in [2.24, 2.45) is 0 Å². The van der Waals surface area contributed by atoms with Gasteiger partial charge in [0.05, 0.1) is 0 Å². The van der Waals surface area contributed by atoms with Gasteiger partial charge in [-0.1, -0.05) is 34.1 Å². The Balaban J connectivity index is 0.00000161. The number of carbonyl (C=O) groups is 1. The van der Waals surface area contributed by atoms with E-state index in [9.17, 15) is 4.79 Å². The molecular weight excluding hydrogens is 352 g/mol. The summed E-state index contributed by atoms with van der Waals surface area (Å²) >= 11 is 3.53. The number of benzene rings is 1. The lowest BCUT2D eigenvalue weighted by Gasteiger charge is -2.29. The van der Waals surface area contributed by atoms with Crippen LogP contribution in [-0.4, -0.2) is 24.0 Å². The fourth-order valence-corrected chi connectivity index (χ4v) is 3.91. The third-order valence-corrected chi connectivity index (χ3v) is 5.19. The molecule has 0 aromatic heterocycles. The summed E-state index contributed by atoms with van der Waals surface area (Å²) in [6.07, 6.45) is 6.10. The molecule has 3 nitrogen and oxygen atoms in total. The zero-order valence-electron chi connectivity index (χ0n) is 12.0. The number of aryl methyl sites for hydroxylation is 1. The molecule has 0 radical (unpaired) electrons. The van der Waals surface area contributed by atoms with Gasteiger partial charge in [-0.25, -0.2) is 0 Å². The highest BCUT2D eigenvalue weighted by atomic mass is 79.9. The molecule has 2 bridgehead atoms. The van der Waals surface area contributed by atoms with Crippen LogP contribution in [-0.2, 0) is 11.2 Å². The second-order valence-corrected chi connectivity index (χ2v) is 6.82. The smallest absolute Gasteiger partial charge is 0.220 e. The molecule has 0 saturated carbocycles. The lowest BCUT2D eigenvalue weighted by molar-refractivity contribution is -0.122. The number of rotatable bonds is 4. The number of amides is 1. The number of hydrogen-bond donors (Lipinski definition) is 2. The van der Waals surface area contributed by atoms with E-state index in [0.29, 0.717) is 24.5 Å². The fourth-order valence-electron chi connectivity index (χ4n) is 3.42. The standard InChI is InChI=1S/C16H21BrN2O.ClH/c17-15-4-2-1-3-11(15)5-8-16(20)19-14-9-12-6-7-13(10-14)18-12;/h1-4,12-14,18H,5-10H2,(H,19,20);1H. The molecule has 2 aliphatic heterocycles. The number of halogens is 2. The molecule has 0 spiro atoms. The first-order valence-electron chi connectivity index (χ1n) is 7.49. The Morgan fingerprint density at radius 2 is 1.90 bits per heavy atom. The second kappa shape index (κ2) is 7.61. The van der Waals surface area contributed by atoms with E-state index in [0.717, 1.165) is 23.7 Å². The quantitative estimate of drug-likeness (QED) is 0.851. The van der Waals surface area contributed by atoms with Gasteiger partial charge in [-0.2, -0.15) is 0 Å². The second-order valence-electron chi connectivity index (χ2n) is 5.97. The van der Waals surface area contributed by atoms with Crippen LogP contribution >= 0.6 is 28.3 Å². The van der Waals surface area contributed by atoms with Crippen molar-refractivity contribution < 1.29 is 4.79 Å². The molecule has 1 aromatic carbocycles. The lowest BCUT2D eigenvalue weighted by atomic mass is 9.99. The highest BCUT2D eigenvalue weighted by Crippen LogP contribution is 2.26. The van der Waals surface area contributed by atoms with Crippen molar-refractivity contribution in [2.45, 2.75) is 56.7 Å². The summed E-state index contributed by atoms with van der Waals surface area (Å²) in [5.41, 5.74) is 1.20. The Hall–Kier alpha value is -0.580. The Morgan fingerprint density at radius 1 is 1.24 bits per heavy atom. The van der Waals surface area contributed by atoms with Crippen LogP contribution in [0.3, 0.4) is 0 Å². The van der Waals surface area contributed by atoms with Gasteiger partial charge in [0, 0.05) is 29.0 Å². The van der Waals surface area contributed by atoms with Gasteiger partial charge in [0.2, 0.25) is 5.91 Å². The first-order valence-corrected chi connectivity index (χ1v) is 8.29. The number of hydrogen-bond acceptors (Lipinski definition) is 2. The summed E-state index contributed by atoms with van der Waals surface area (Å²) in [6.45, 7) is 0. The minimum absolute atomic E-state index is 0. The lowest BCUT2D eigenvalue weighted by Crippen LogP contribution is -2.48. The zero-order valence-corrected chi connectivity index (χ0v) is 14.4. The number of fused-ring (bicyclic) bond motifs is 2. The van der Waals surface area contributed by atoms with Gasteiger partial charge in [0.25, 0.3) is 0 Å². The van der Waals surface area contributed by atoms with E-state index in [-0.39, 0.29) is 18.3 Å². The molecule has 116 valence electrons. The van der Waals surface area contributed by atoms with Gasteiger partial charge in [0.15, 0.2) is 0 Å². The van der Waals surface area contributed by atoms with Crippen LogP contribution in [0.5, 0.6) is 0 Å². The third-order valence-electron chi connectivity index (χ3n) is 4.42. The molecular formula is C16H22BrClN2O. The summed E-state index contributed by atoms with van der Waals surface area (Å²) in [5.74, 6) is 0.187. The van der Waals surface area contributed by atoms with Gasteiger partial charge in [0.1, 0.15) is 0 Å². The van der Waals surface area contributed by atoms with E-state index < -0.39 is 0 Å². The van der Waals surface area contributed by atoms with Crippen molar-refractivity contribution in [3.8, 4) is 0 Å². The van der Waals surface area contributed by atoms with Gasteiger partial charge in [-0.3, -0.25) is 4.79 Å². The van der Waals surface area contributed by atoms with E-state index in [4.69, 9.17) is 0 Å². The van der Waals surface area contributed by atoms with Crippen LogP contribution in [0.15, 0.2) is 28.7 Å². The van der Waals surface area contributed by atoms with Crippen molar-refractivity contribution >= 4 is 34.2 Å². The molecule has 2 atom stereocenters. The predicted molar refractivity (Wildman–Crippen MR) is 90.8 cm³/mol. The molecule has 1 amide bonds. The first kappa shape index (κ1) is 16.8. The third kappa shape index (κ3) is 4.44. The molecule has 2 heterocycles. The van der Waals surface area contributed by atoms with Crippen molar-refractivity contribution in [3.05, 3.63) is 34.3 Å². The van der Waals surface area contributed by atoms with E-state index in [2.05, 4.69) is 32.6 Å². The van der Waals surface area contributed by atoms with E-state index >= 15 is 0 Å². The maximum absolute atomic E-state index is 12.1. The summed E-state index contributed by atoms with van der Waals surface area (Å²) in [4.78, 5) is 12.1. The maximum atomic E-state index is 12.1. The van der Waals surface area contributed by atoms with Crippen LogP contribution in [0.25, 0.3) is 0 Å². The van der Waals surface area contributed by atoms with Crippen LogP contribution in [0, 0.1) is 0 Å². The summed E-state index contributed by atoms with van der Waals surface area (Å²) in [6, 6.07) is 9.74. The molecule has 5 heteroatoms. The molecule has 3 rings (SSSR count). The predicted octanol–water partition coefficient (Wildman–Crippen LogP) is 3.20. The fraction of sp³-hybridized carbons (Fsp3) is 0.562. The first-order chi connectivity index (χ1) is 9.70. The molecule has 2 aliphatic rings. The Morgan fingerprint density at radius 3 is 2.57 bits per heavy atom. The SMILES string of the molecule is Cl.O=C(CCc1ccccc1Br)NC1CC2CCC(C1)N2. The van der Waals surface area contributed by atoms with Crippen molar-refractivity contribution in [2.75, 3.05) is 0 Å².